The zero-order valence-corrected chi connectivity index (χ0v) is 7.43. The number of aromatic nitrogens is 2. The summed E-state index contributed by atoms with van der Waals surface area (Å²) in [5.74, 6) is -0.649. The molecule has 1 aliphatic rings. The van der Waals surface area contributed by atoms with Gasteiger partial charge in [-0.2, -0.15) is 0 Å². The number of imide groups is 1. The highest BCUT2D eigenvalue weighted by Gasteiger charge is 2.30. The molecule has 0 spiro atoms. The Morgan fingerprint density at radius 3 is 2.64 bits per heavy atom. The van der Waals surface area contributed by atoms with Crippen LogP contribution < -0.4 is 5.32 Å². The number of nitrogens with one attached hydrogen (secondary N) is 1. The Kier molecular flexibility index (Phi) is 2.22. The maximum atomic E-state index is 11.2. The summed E-state index contributed by atoms with van der Waals surface area (Å²) in [5.41, 5.74) is 0.877. The van der Waals surface area contributed by atoms with Crippen molar-refractivity contribution < 1.29 is 9.59 Å². The Labute approximate surface area is 80.6 Å². The lowest BCUT2D eigenvalue weighted by Gasteiger charge is -2.03. The molecule has 2 rings (SSSR count). The molecule has 1 aliphatic heterocycles. The van der Waals surface area contributed by atoms with Crippen molar-refractivity contribution in [2.75, 3.05) is 0 Å². The fourth-order valence-electron chi connectivity index (χ4n) is 1.49. The summed E-state index contributed by atoms with van der Waals surface area (Å²) in [6, 6.07) is 0. The predicted molar refractivity (Wildman–Crippen MR) is 47.0 cm³/mol. The standard InChI is InChI=1S/C9H9N3O2/c13-8-2-7(9(14)12-8)1-6-3-10-5-11-4-6/h3-5,7H,1-2H2,(H,12,13,14). The van der Waals surface area contributed by atoms with Crippen LogP contribution in [0.25, 0.3) is 0 Å². The summed E-state index contributed by atoms with van der Waals surface area (Å²) >= 11 is 0. The molecule has 1 atom stereocenters. The third kappa shape index (κ3) is 1.76. The van der Waals surface area contributed by atoms with E-state index in [0.29, 0.717) is 6.42 Å². The highest BCUT2D eigenvalue weighted by molar-refractivity contribution is 6.03. The second-order valence-corrected chi connectivity index (χ2v) is 3.26. The second kappa shape index (κ2) is 3.53. The van der Waals surface area contributed by atoms with Crippen molar-refractivity contribution in [1.29, 1.82) is 0 Å². The van der Waals surface area contributed by atoms with Crippen molar-refractivity contribution in [3.8, 4) is 0 Å². The van der Waals surface area contributed by atoms with Gasteiger partial charge in [0, 0.05) is 18.8 Å². The van der Waals surface area contributed by atoms with Crippen LogP contribution in [0.1, 0.15) is 12.0 Å². The summed E-state index contributed by atoms with van der Waals surface area (Å²) in [4.78, 5) is 29.8. The zero-order valence-electron chi connectivity index (χ0n) is 7.43. The number of amides is 2. The van der Waals surface area contributed by atoms with E-state index in [1.165, 1.54) is 6.33 Å². The summed E-state index contributed by atoms with van der Waals surface area (Å²) in [6.07, 6.45) is 5.54. The van der Waals surface area contributed by atoms with E-state index < -0.39 is 0 Å². The largest absolute Gasteiger partial charge is 0.296 e. The summed E-state index contributed by atoms with van der Waals surface area (Å²) < 4.78 is 0. The molecule has 2 amide bonds. The number of hydrogen-bond donors (Lipinski definition) is 1. The molecule has 5 nitrogen and oxygen atoms in total. The number of nitrogens with zero attached hydrogens (tertiary/aromatic N) is 2. The number of hydrogen-bond acceptors (Lipinski definition) is 4. The molecule has 0 saturated carbocycles. The topological polar surface area (TPSA) is 72.0 Å². The maximum absolute atomic E-state index is 11.2. The first-order valence-corrected chi connectivity index (χ1v) is 4.33. The fourth-order valence-corrected chi connectivity index (χ4v) is 1.49. The van der Waals surface area contributed by atoms with Crippen LogP contribution in [0.3, 0.4) is 0 Å². The molecule has 1 N–H and O–H groups in total. The van der Waals surface area contributed by atoms with Crippen LogP contribution in [0.2, 0.25) is 0 Å². The molecule has 1 aromatic rings. The molecule has 1 aromatic heterocycles. The molecule has 0 aliphatic carbocycles. The Morgan fingerprint density at radius 2 is 2.07 bits per heavy atom. The Balaban J connectivity index is 2.05. The van der Waals surface area contributed by atoms with Crippen LogP contribution in [0, 0.1) is 5.92 Å². The average molecular weight is 191 g/mol. The lowest BCUT2D eigenvalue weighted by Crippen LogP contribution is -2.22. The Bertz CT molecular complexity index is 364. The van der Waals surface area contributed by atoms with Crippen molar-refractivity contribution in [2.45, 2.75) is 12.8 Å². The van der Waals surface area contributed by atoms with E-state index in [9.17, 15) is 9.59 Å². The summed E-state index contributed by atoms with van der Waals surface area (Å²) in [5, 5.41) is 2.27. The predicted octanol–water partition coefficient (Wildman–Crippen LogP) is -0.318. The van der Waals surface area contributed by atoms with Gasteiger partial charge >= 0.3 is 0 Å². The van der Waals surface area contributed by atoms with E-state index in [4.69, 9.17) is 0 Å². The third-order valence-electron chi connectivity index (χ3n) is 2.16. The Hall–Kier alpha value is -1.78. The van der Waals surface area contributed by atoms with Gasteiger partial charge in [0.15, 0.2) is 0 Å². The van der Waals surface area contributed by atoms with Gasteiger partial charge in [0.25, 0.3) is 0 Å². The van der Waals surface area contributed by atoms with Crippen LogP contribution >= 0.6 is 0 Å². The van der Waals surface area contributed by atoms with Gasteiger partial charge in [0.2, 0.25) is 11.8 Å². The van der Waals surface area contributed by atoms with Crippen LogP contribution in [-0.2, 0) is 16.0 Å². The minimum Gasteiger partial charge on any atom is -0.296 e. The van der Waals surface area contributed by atoms with E-state index in [0.717, 1.165) is 5.56 Å². The second-order valence-electron chi connectivity index (χ2n) is 3.26. The van der Waals surface area contributed by atoms with Gasteiger partial charge in [-0.05, 0) is 12.0 Å². The monoisotopic (exact) mass is 191 g/mol. The number of carbonyl (C=O) groups is 2. The van der Waals surface area contributed by atoms with Crippen molar-refractivity contribution in [1.82, 2.24) is 15.3 Å². The molecule has 2 heterocycles. The molecule has 14 heavy (non-hydrogen) atoms. The Morgan fingerprint density at radius 1 is 1.36 bits per heavy atom. The van der Waals surface area contributed by atoms with Gasteiger partial charge in [-0.1, -0.05) is 0 Å². The summed E-state index contributed by atoms with van der Waals surface area (Å²) in [7, 11) is 0. The third-order valence-corrected chi connectivity index (χ3v) is 2.16. The fraction of sp³-hybridized carbons (Fsp3) is 0.333. The minimum atomic E-state index is -0.256. The van der Waals surface area contributed by atoms with Gasteiger partial charge in [-0.15, -0.1) is 0 Å². The van der Waals surface area contributed by atoms with E-state index in [2.05, 4.69) is 15.3 Å². The van der Waals surface area contributed by atoms with Crippen molar-refractivity contribution in [2.24, 2.45) is 5.92 Å². The normalized spacial score (nSPS) is 21.0. The smallest absolute Gasteiger partial charge is 0.230 e. The first-order valence-electron chi connectivity index (χ1n) is 4.33. The molecule has 1 unspecified atom stereocenters. The molecular weight excluding hydrogens is 182 g/mol. The van der Waals surface area contributed by atoms with Gasteiger partial charge in [0.1, 0.15) is 6.33 Å². The highest BCUT2D eigenvalue weighted by Crippen LogP contribution is 2.15. The van der Waals surface area contributed by atoms with E-state index in [1.54, 1.807) is 12.4 Å². The molecule has 5 heteroatoms. The van der Waals surface area contributed by atoms with Crippen LogP contribution in [0.4, 0.5) is 0 Å². The quantitative estimate of drug-likeness (QED) is 0.650. The lowest BCUT2D eigenvalue weighted by atomic mass is 10.00. The van der Waals surface area contributed by atoms with Crippen LogP contribution in [0.5, 0.6) is 0 Å². The maximum Gasteiger partial charge on any atom is 0.230 e. The lowest BCUT2D eigenvalue weighted by molar-refractivity contribution is -0.125. The van der Waals surface area contributed by atoms with Gasteiger partial charge < -0.3 is 0 Å². The summed E-state index contributed by atoms with van der Waals surface area (Å²) in [6.45, 7) is 0. The van der Waals surface area contributed by atoms with Crippen molar-refractivity contribution in [3.05, 3.63) is 24.3 Å². The van der Waals surface area contributed by atoms with E-state index in [-0.39, 0.29) is 24.2 Å². The van der Waals surface area contributed by atoms with Crippen molar-refractivity contribution >= 4 is 11.8 Å². The number of carbonyl (C=O) groups excluding carboxylic acids is 2. The molecule has 0 radical (unpaired) electrons. The van der Waals surface area contributed by atoms with Crippen LogP contribution in [0.15, 0.2) is 18.7 Å². The molecule has 0 aromatic carbocycles. The first-order chi connectivity index (χ1) is 6.75. The van der Waals surface area contributed by atoms with Crippen molar-refractivity contribution in [3.63, 3.8) is 0 Å². The van der Waals surface area contributed by atoms with E-state index in [1.807, 2.05) is 0 Å². The molecule has 0 bridgehead atoms. The van der Waals surface area contributed by atoms with Gasteiger partial charge in [-0.3, -0.25) is 14.9 Å². The zero-order chi connectivity index (χ0) is 9.97. The average Bonchev–Trinajstić information content (AvgIpc) is 2.47. The van der Waals surface area contributed by atoms with Crippen LogP contribution in [-0.4, -0.2) is 21.8 Å². The highest BCUT2D eigenvalue weighted by atomic mass is 16.2. The van der Waals surface area contributed by atoms with Gasteiger partial charge in [-0.25, -0.2) is 9.97 Å². The van der Waals surface area contributed by atoms with Gasteiger partial charge in [0.05, 0.1) is 5.92 Å². The SMILES string of the molecule is O=C1CC(Cc2cncnc2)C(=O)N1. The minimum absolute atomic E-state index is 0.196. The number of rotatable bonds is 2. The molecule has 1 saturated heterocycles. The molecule has 72 valence electrons. The molecular formula is C9H9N3O2. The molecule has 1 fully saturated rings. The first kappa shape index (κ1) is 8.80. The van der Waals surface area contributed by atoms with E-state index >= 15 is 0 Å².